The third-order valence-corrected chi connectivity index (χ3v) is 3.43. The molecule has 0 saturated carbocycles. The molecular weight excluding hydrogens is 240 g/mol. The summed E-state index contributed by atoms with van der Waals surface area (Å²) in [6, 6.07) is 10.6. The zero-order valence-corrected chi connectivity index (χ0v) is 11.1. The first kappa shape index (κ1) is 13.4. The summed E-state index contributed by atoms with van der Waals surface area (Å²) in [5, 5.41) is 28.7. The van der Waals surface area contributed by atoms with Gasteiger partial charge in [-0.2, -0.15) is 0 Å². The van der Waals surface area contributed by atoms with Crippen LogP contribution in [0, 0.1) is 13.8 Å². The smallest absolute Gasteiger partial charge is 0.118 e. The molecule has 0 amide bonds. The molecule has 100 valence electrons. The van der Waals surface area contributed by atoms with E-state index in [1.165, 1.54) is 0 Å². The molecule has 0 aliphatic carbocycles. The lowest BCUT2D eigenvalue weighted by Crippen LogP contribution is -2.06. The van der Waals surface area contributed by atoms with Crippen LogP contribution in [0.2, 0.25) is 0 Å². The van der Waals surface area contributed by atoms with E-state index in [4.69, 9.17) is 0 Å². The van der Waals surface area contributed by atoms with Crippen molar-refractivity contribution in [3.63, 3.8) is 0 Å². The molecule has 3 nitrogen and oxygen atoms in total. The number of phenolic OH excluding ortho intramolecular Hbond substituents is 2. The first-order chi connectivity index (χ1) is 9.02. The molecule has 0 spiro atoms. The fraction of sp³-hybridized carbons (Fsp3) is 0.250. The van der Waals surface area contributed by atoms with Crippen molar-refractivity contribution < 1.29 is 15.3 Å². The topological polar surface area (TPSA) is 60.7 Å². The number of hydrogen-bond donors (Lipinski definition) is 3. The summed E-state index contributed by atoms with van der Waals surface area (Å²) < 4.78 is 0. The number of aromatic hydroxyl groups is 2. The molecule has 2 rings (SSSR count). The van der Waals surface area contributed by atoms with Gasteiger partial charge in [-0.1, -0.05) is 24.3 Å². The molecule has 0 aromatic heterocycles. The molecule has 0 aliphatic rings. The minimum Gasteiger partial charge on any atom is -0.508 e. The maximum atomic E-state index is 9.63. The first-order valence-electron chi connectivity index (χ1n) is 6.23. The second-order valence-electron chi connectivity index (χ2n) is 4.83. The lowest BCUT2D eigenvalue weighted by atomic mass is 9.90. The van der Waals surface area contributed by atoms with Gasteiger partial charge in [-0.3, -0.25) is 0 Å². The average Bonchev–Trinajstić information content (AvgIpc) is 2.39. The Bertz CT molecular complexity index is 539. The zero-order chi connectivity index (χ0) is 14.0. The Labute approximate surface area is 112 Å². The molecule has 3 N–H and O–H groups in total. The molecule has 3 heteroatoms. The van der Waals surface area contributed by atoms with Crippen molar-refractivity contribution in [2.75, 3.05) is 6.61 Å². The van der Waals surface area contributed by atoms with Crippen LogP contribution in [0.4, 0.5) is 0 Å². The maximum Gasteiger partial charge on any atom is 0.118 e. The molecule has 0 bridgehead atoms. The van der Waals surface area contributed by atoms with E-state index < -0.39 is 0 Å². The summed E-state index contributed by atoms with van der Waals surface area (Å²) >= 11 is 0. The lowest BCUT2D eigenvalue weighted by Gasteiger charge is -2.17. The van der Waals surface area contributed by atoms with Gasteiger partial charge in [-0.25, -0.2) is 0 Å². The number of aliphatic hydroxyl groups is 1. The minimum atomic E-state index is -0.154. The van der Waals surface area contributed by atoms with Crippen LogP contribution < -0.4 is 0 Å². The van der Waals surface area contributed by atoms with Crippen LogP contribution >= 0.6 is 0 Å². The van der Waals surface area contributed by atoms with Crippen LogP contribution in [-0.4, -0.2) is 21.9 Å². The van der Waals surface area contributed by atoms with Crippen LogP contribution in [0.3, 0.4) is 0 Å². The predicted octanol–water partition coefficient (Wildman–Crippen LogP) is 2.84. The third kappa shape index (κ3) is 2.71. The Morgan fingerprint density at radius 3 is 1.58 bits per heavy atom. The Morgan fingerprint density at radius 1 is 0.842 bits per heavy atom. The number of benzene rings is 2. The molecule has 0 atom stereocenters. The second-order valence-corrected chi connectivity index (χ2v) is 4.83. The minimum absolute atomic E-state index is 0.0194. The van der Waals surface area contributed by atoms with Gasteiger partial charge in [0.05, 0.1) is 6.61 Å². The first-order valence-corrected chi connectivity index (χ1v) is 6.23. The van der Waals surface area contributed by atoms with E-state index in [1.54, 1.807) is 12.1 Å². The quantitative estimate of drug-likeness (QED) is 0.793. The molecule has 0 radical (unpaired) electrons. The van der Waals surface area contributed by atoms with Crippen LogP contribution in [0.5, 0.6) is 11.5 Å². The van der Waals surface area contributed by atoms with Crippen LogP contribution in [-0.2, 0) is 0 Å². The summed E-state index contributed by atoms with van der Waals surface area (Å²) in [6.45, 7) is 3.64. The van der Waals surface area contributed by atoms with E-state index in [1.807, 2.05) is 38.1 Å². The van der Waals surface area contributed by atoms with E-state index in [-0.39, 0.29) is 24.0 Å². The van der Waals surface area contributed by atoms with E-state index in [2.05, 4.69) is 0 Å². The van der Waals surface area contributed by atoms with Crippen molar-refractivity contribution in [2.24, 2.45) is 0 Å². The van der Waals surface area contributed by atoms with Crippen molar-refractivity contribution in [3.8, 4) is 11.5 Å². The highest BCUT2D eigenvalue weighted by atomic mass is 16.3. The Balaban J connectivity index is 2.43. The normalized spacial score (nSPS) is 10.9. The summed E-state index contributed by atoms with van der Waals surface area (Å²) in [7, 11) is 0. The highest BCUT2D eigenvalue weighted by Gasteiger charge is 2.15. The van der Waals surface area contributed by atoms with Crippen molar-refractivity contribution in [1.82, 2.24) is 0 Å². The van der Waals surface area contributed by atoms with Gasteiger partial charge >= 0.3 is 0 Å². The van der Waals surface area contributed by atoms with Gasteiger partial charge in [-0.15, -0.1) is 0 Å². The highest BCUT2D eigenvalue weighted by molar-refractivity contribution is 5.43. The summed E-state index contributed by atoms with van der Waals surface area (Å²) in [5.41, 5.74) is 3.46. The Hall–Kier alpha value is -2.00. The second kappa shape index (κ2) is 5.33. The van der Waals surface area contributed by atoms with E-state index >= 15 is 0 Å². The number of aryl methyl sites for hydroxylation is 2. The Kier molecular flexibility index (Phi) is 3.76. The molecule has 0 fully saturated rings. The van der Waals surface area contributed by atoms with Gasteiger partial charge in [0, 0.05) is 5.92 Å². The van der Waals surface area contributed by atoms with Gasteiger partial charge in [0.15, 0.2) is 0 Å². The molecule has 0 saturated heterocycles. The molecular formula is C16H18O3. The predicted molar refractivity (Wildman–Crippen MR) is 74.6 cm³/mol. The SMILES string of the molecule is Cc1cc(C(CO)c2ccc(O)c(C)c2)ccc1O. The van der Waals surface area contributed by atoms with Crippen LogP contribution in [0.1, 0.15) is 28.2 Å². The summed E-state index contributed by atoms with van der Waals surface area (Å²) in [4.78, 5) is 0. The lowest BCUT2D eigenvalue weighted by molar-refractivity contribution is 0.280. The van der Waals surface area contributed by atoms with Crippen molar-refractivity contribution in [1.29, 1.82) is 0 Å². The number of aliphatic hydroxyl groups excluding tert-OH is 1. The van der Waals surface area contributed by atoms with Gasteiger partial charge in [0.25, 0.3) is 0 Å². The van der Waals surface area contributed by atoms with E-state index in [0.29, 0.717) is 0 Å². The summed E-state index contributed by atoms with van der Waals surface area (Å²) in [6.07, 6.45) is 0. The highest BCUT2D eigenvalue weighted by Crippen LogP contribution is 2.30. The molecule has 0 heterocycles. The molecule has 0 aliphatic heterocycles. The molecule has 2 aromatic rings. The fourth-order valence-corrected chi connectivity index (χ4v) is 2.19. The van der Waals surface area contributed by atoms with Gasteiger partial charge in [-0.05, 0) is 48.2 Å². The van der Waals surface area contributed by atoms with E-state index in [0.717, 1.165) is 22.3 Å². The average molecular weight is 258 g/mol. The largest absolute Gasteiger partial charge is 0.508 e. The molecule has 2 aromatic carbocycles. The van der Waals surface area contributed by atoms with Crippen molar-refractivity contribution in [3.05, 3.63) is 58.7 Å². The maximum absolute atomic E-state index is 9.63. The van der Waals surface area contributed by atoms with Crippen molar-refractivity contribution >= 4 is 0 Å². The Morgan fingerprint density at radius 2 is 1.26 bits per heavy atom. The zero-order valence-electron chi connectivity index (χ0n) is 11.1. The third-order valence-electron chi connectivity index (χ3n) is 3.43. The standard InChI is InChI=1S/C16H18O3/c1-10-7-12(3-5-15(10)18)14(9-17)13-4-6-16(19)11(2)8-13/h3-8,14,17-19H,9H2,1-2H3. The molecule has 0 unspecified atom stereocenters. The molecule has 19 heavy (non-hydrogen) atoms. The van der Waals surface area contributed by atoms with Crippen LogP contribution in [0.15, 0.2) is 36.4 Å². The summed E-state index contributed by atoms with van der Waals surface area (Å²) in [5.74, 6) is 0.350. The number of hydrogen-bond acceptors (Lipinski definition) is 3. The van der Waals surface area contributed by atoms with Gasteiger partial charge < -0.3 is 15.3 Å². The van der Waals surface area contributed by atoms with Gasteiger partial charge in [0.2, 0.25) is 0 Å². The van der Waals surface area contributed by atoms with Gasteiger partial charge in [0.1, 0.15) is 11.5 Å². The fourth-order valence-electron chi connectivity index (χ4n) is 2.19. The number of rotatable bonds is 3. The van der Waals surface area contributed by atoms with Crippen molar-refractivity contribution in [2.45, 2.75) is 19.8 Å². The van der Waals surface area contributed by atoms with Crippen LogP contribution in [0.25, 0.3) is 0 Å². The number of phenols is 2. The van der Waals surface area contributed by atoms with E-state index in [9.17, 15) is 15.3 Å². The monoisotopic (exact) mass is 258 g/mol.